The van der Waals surface area contributed by atoms with E-state index in [0.29, 0.717) is 0 Å². The molecule has 1 N–H and O–H groups in total. The monoisotopic (exact) mass is 326 g/mol. The van der Waals surface area contributed by atoms with Gasteiger partial charge in [-0.1, -0.05) is 6.92 Å². The quantitative estimate of drug-likeness (QED) is 0.898. The number of anilines is 1. The highest BCUT2D eigenvalue weighted by molar-refractivity contribution is 9.10. The maximum Gasteiger partial charge on any atom is 0.135 e. The van der Waals surface area contributed by atoms with Crippen molar-refractivity contribution in [3.8, 4) is 5.75 Å². The van der Waals surface area contributed by atoms with Crippen molar-refractivity contribution in [1.29, 1.82) is 0 Å². The van der Waals surface area contributed by atoms with Crippen molar-refractivity contribution < 1.29 is 4.74 Å². The van der Waals surface area contributed by atoms with Crippen LogP contribution in [0, 0.1) is 0 Å². The first-order chi connectivity index (χ1) is 8.72. The minimum atomic E-state index is 0.794. The number of hydrogen-bond donors (Lipinski definition) is 1. The summed E-state index contributed by atoms with van der Waals surface area (Å²) >= 11 is 5.19. The van der Waals surface area contributed by atoms with Crippen molar-refractivity contribution in [1.82, 2.24) is 4.98 Å². The summed E-state index contributed by atoms with van der Waals surface area (Å²) in [4.78, 5) is 5.59. The van der Waals surface area contributed by atoms with Gasteiger partial charge in [0, 0.05) is 22.8 Å². The number of rotatable bonds is 5. The van der Waals surface area contributed by atoms with Crippen LogP contribution in [-0.4, -0.2) is 12.1 Å². The Morgan fingerprint density at radius 3 is 2.94 bits per heavy atom. The average Bonchev–Trinajstić information content (AvgIpc) is 2.86. The molecule has 2 aromatic rings. The van der Waals surface area contributed by atoms with E-state index in [4.69, 9.17) is 4.74 Å². The van der Waals surface area contributed by atoms with Crippen LogP contribution < -0.4 is 10.1 Å². The number of benzene rings is 1. The molecule has 2 rings (SSSR count). The molecular formula is C13H15BrN2OS. The maximum atomic E-state index is 5.26. The molecule has 18 heavy (non-hydrogen) atoms. The van der Waals surface area contributed by atoms with Crippen LogP contribution in [-0.2, 0) is 13.0 Å². The Morgan fingerprint density at radius 2 is 2.28 bits per heavy atom. The number of nitrogens with zero attached hydrogens (tertiary/aromatic N) is 1. The Hall–Kier alpha value is -1.07. The predicted molar refractivity (Wildman–Crippen MR) is 79.5 cm³/mol. The van der Waals surface area contributed by atoms with Gasteiger partial charge in [-0.25, -0.2) is 4.98 Å². The van der Waals surface area contributed by atoms with Gasteiger partial charge >= 0.3 is 0 Å². The number of aryl methyl sites for hydroxylation is 1. The van der Waals surface area contributed by atoms with Gasteiger partial charge in [-0.3, -0.25) is 0 Å². The Balaban J connectivity index is 2.01. The minimum Gasteiger partial charge on any atom is -0.495 e. The van der Waals surface area contributed by atoms with Crippen LogP contribution in [0.1, 0.15) is 16.8 Å². The Kier molecular flexibility index (Phi) is 4.60. The van der Waals surface area contributed by atoms with Gasteiger partial charge in [0.05, 0.1) is 23.1 Å². The molecule has 0 saturated heterocycles. The van der Waals surface area contributed by atoms with Gasteiger partial charge in [0.1, 0.15) is 5.75 Å². The van der Waals surface area contributed by atoms with E-state index < -0.39 is 0 Å². The first kappa shape index (κ1) is 13.4. The number of nitrogens with one attached hydrogen (secondary N) is 1. The van der Waals surface area contributed by atoms with E-state index in [0.717, 1.165) is 28.9 Å². The third-order valence-electron chi connectivity index (χ3n) is 2.52. The number of halogens is 1. The highest BCUT2D eigenvalue weighted by atomic mass is 79.9. The molecule has 0 unspecified atom stereocenters. The van der Waals surface area contributed by atoms with Gasteiger partial charge in [-0.2, -0.15) is 0 Å². The maximum absolute atomic E-state index is 5.26. The molecule has 0 aliphatic heterocycles. The molecule has 0 aliphatic rings. The van der Waals surface area contributed by atoms with E-state index in [9.17, 15) is 0 Å². The highest BCUT2D eigenvalue weighted by Gasteiger charge is 2.03. The minimum absolute atomic E-state index is 0.794. The summed E-state index contributed by atoms with van der Waals surface area (Å²) in [5.41, 5.74) is 1.04. The zero-order valence-electron chi connectivity index (χ0n) is 10.4. The Labute approximate surface area is 119 Å². The number of hydrogen-bond acceptors (Lipinski definition) is 4. The summed E-state index contributed by atoms with van der Waals surface area (Å²) in [5.74, 6) is 0.832. The standard InChI is InChI=1S/C13H15BrN2OS/c1-3-13-16-8-10(18-13)7-15-9-4-5-11(14)12(6-9)17-2/h4-6,8,15H,3,7H2,1-2H3. The van der Waals surface area contributed by atoms with Crippen molar-refractivity contribution in [2.75, 3.05) is 12.4 Å². The topological polar surface area (TPSA) is 34.2 Å². The van der Waals surface area contributed by atoms with E-state index in [2.05, 4.69) is 33.2 Å². The molecule has 0 amide bonds. The van der Waals surface area contributed by atoms with Gasteiger partial charge < -0.3 is 10.1 Å². The third kappa shape index (κ3) is 3.23. The van der Waals surface area contributed by atoms with Crippen LogP contribution in [0.4, 0.5) is 5.69 Å². The first-order valence-corrected chi connectivity index (χ1v) is 7.35. The van der Waals surface area contributed by atoms with E-state index in [-0.39, 0.29) is 0 Å². The molecule has 0 saturated carbocycles. The molecule has 0 aliphatic carbocycles. The zero-order valence-corrected chi connectivity index (χ0v) is 12.8. The summed E-state index contributed by atoms with van der Waals surface area (Å²) in [6.07, 6.45) is 2.93. The lowest BCUT2D eigenvalue weighted by Crippen LogP contribution is -1.97. The summed E-state index contributed by atoms with van der Waals surface area (Å²) < 4.78 is 6.22. The summed E-state index contributed by atoms with van der Waals surface area (Å²) in [6.45, 7) is 2.91. The van der Waals surface area contributed by atoms with Gasteiger partial charge in [0.2, 0.25) is 0 Å². The van der Waals surface area contributed by atoms with E-state index in [1.54, 1.807) is 18.4 Å². The second kappa shape index (κ2) is 6.20. The van der Waals surface area contributed by atoms with Gasteiger partial charge in [-0.15, -0.1) is 11.3 Å². The molecule has 1 aromatic carbocycles. The zero-order chi connectivity index (χ0) is 13.0. The largest absolute Gasteiger partial charge is 0.495 e. The highest BCUT2D eigenvalue weighted by Crippen LogP contribution is 2.28. The third-order valence-corrected chi connectivity index (χ3v) is 4.32. The van der Waals surface area contributed by atoms with Crippen LogP contribution in [0.2, 0.25) is 0 Å². The summed E-state index contributed by atoms with van der Waals surface area (Å²) in [5, 5.41) is 4.55. The second-order valence-corrected chi connectivity index (χ2v) is 5.83. The second-order valence-electron chi connectivity index (χ2n) is 3.78. The molecule has 5 heteroatoms. The van der Waals surface area contributed by atoms with Crippen molar-refractivity contribution in [2.45, 2.75) is 19.9 Å². The number of ether oxygens (including phenoxy) is 1. The van der Waals surface area contributed by atoms with Gasteiger partial charge in [0.25, 0.3) is 0 Å². The van der Waals surface area contributed by atoms with Crippen LogP contribution in [0.5, 0.6) is 5.75 Å². The van der Waals surface area contributed by atoms with Crippen LogP contribution >= 0.6 is 27.3 Å². The van der Waals surface area contributed by atoms with Crippen molar-refractivity contribution >= 4 is 33.0 Å². The summed E-state index contributed by atoms with van der Waals surface area (Å²) in [6, 6.07) is 5.98. The molecule has 96 valence electrons. The molecule has 0 bridgehead atoms. The van der Waals surface area contributed by atoms with E-state index >= 15 is 0 Å². The average molecular weight is 327 g/mol. The van der Waals surface area contributed by atoms with Gasteiger partial charge in [0.15, 0.2) is 0 Å². The molecule has 0 radical (unpaired) electrons. The van der Waals surface area contributed by atoms with E-state index in [1.165, 1.54) is 9.88 Å². The normalized spacial score (nSPS) is 10.4. The number of thiazole rings is 1. The number of aromatic nitrogens is 1. The molecule has 0 fully saturated rings. The SMILES string of the molecule is CCc1ncc(CNc2ccc(Br)c(OC)c2)s1. The van der Waals surface area contributed by atoms with E-state index in [1.807, 2.05) is 24.4 Å². The Bertz CT molecular complexity index is 527. The lowest BCUT2D eigenvalue weighted by atomic mass is 10.3. The number of methoxy groups -OCH3 is 1. The first-order valence-electron chi connectivity index (χ1n) is 5.74. The molecular weight excluding hydrogens is 312 g/mol. The molecule has 0 atom stereocenters. The molecule has 0 spiro atoms. The lowest BCUT2D eigenvalue weighted by Gasteiger charge is -2.08. The van der Waals surface area contributed by atoms with Gasteiger partial charge in [-0.05, 0) is 34.5 Å². The van der Waals surface area contributed by atoms with Crippen LogP contribution in [0.15, 0.2) is 28.9 Å². The fraction of sp³-hybridized carbons (Fsp3) is 0.308. The van der Waals surface area contributed by atoms with Crippen LogP contribution in [0.3, 0.4) is 0 Å². The predicted octanol–water partition coefficient (Wildman–Crippen LogP) is 4.09. The molecule has 3 nitrogen and oxygen atoms in total. The van der Waals surface area contributed by atoms with Crippen molar-refractivity contribution in [2.24, 2.45) is 0 Å². The van der Waals surface area contributed by atoms with Crippen LogP contribution in [0.25, 0.3) is 0 Å². The fourth-order valence-corrected chi connectivity index (χ4v) is 2.76. The fourth-order valence-electron chi connectivity index (χ4n) is 1.55. The molecule has 1 aromatic heterocycles. The Morgan fingerprint density at radius 1 is 1.44 bits per heavy atom. The smallest absolute Gasteiger partial charge is 0.135 e. The van der Waals surface area contributed by atoms with Crippen molar-refractivity contribution in [3.05, 3.63) is 38.8 Å². The molecule has 1 heterocycles. The summed E-state index contributed by atoms with van der Waals surface area (Å²) in [7, 11) is 1.67. The van der Waals surface area contributed by atoms with Crippen molar-refractivity contribution in [3.63, 3.8) is 0 Å². The lowest BCUT2D eigenvalue weighted by molar-refractivity contribution is 0.412.